The largest absolute Gasteiger partial charge is 0.480 e. The summed E-state index contributed by atoms with van der Waals surface area (Å²) in [4.78, 5) is 29.6. The van der Waals surface area contributed by atoms with Gasteiger partial charge in [-0.2, -0.15) is 0 Å². The molecule has 27 heavy (non-hydrogen) atoms. The molecule has 0 radical (unpaired) electrons. The molecule has 2 atom stereocenters. The number of hydrogen-bond donors (Lipinski definition) is 1. The fraction of sp³-hybridized carbons (Fsp3) is 0.579. The van der Waals surface area contributed by atoms with E-state index in [-0.39, 0.29) is 29.6 Å². The molecule has 2 aliphatic heterocycles. The van der Waals surface area contributed by atoms with Gasteiger partial charge in [-0.3, -0.25) is 19.4 Å². The predicted molar refractivity (Wildman–Crippen MR) is 102 cm³/mol. The number of likely N-dealkylation sites (tertiary alicyclic amines) is 1. The summed E-state index contributed by atoms with van der Waals surface area (Å²) in [6.07, 6.45) is 3.39. The van der Waals surface area contributed by atoms with Crippen molar-refractivity contribution in [2.24, 2.45) is 0 Å². The fourth-order valence-electron chi connectivity index (χ4n) is 4.11. The van der Waals surface area contributed by atoms with Crippen LogP contribution in [0.25, 0.3) is 0 Å². The number of rotatable bonds is 5. The van der Waals surface area contributed by atoms with Crippen molar-refractivity contribution >= 4 is 29.2 Å². The molecule has 3 rings (SSSR count). The second kappa shape index (κ2) is 8.54. The number of likely N-dealkylation sites (N-methyl/N-ethyl adjacent to an activating group) is 1. The van der Waals surface area contributed by atoms with Gasteiger partial charge in [-0.05, 0) is 57.5 Å². The molecular formula is C19H25ClFN3O3. The molecule has 1 aromatic rings. The van der Waals surface area contributed by atoms with Crippen LogP contribution in [0.5, 0.6) is 0 Å². The molecule has 2 heterocycles. The minimum atomic E-state index is -0.824. The summed E-state index contributed by atoms with van der Waals surface area (Å²) in [7, 11) is 1.84. The van der Waals surface area contributed by atoms with Gasteiger partial charge >= 0.3 is 5.97 Å². The third-order valence-electron chi connectivity index (χ3n) is 5.57. The molecule has 2 unspecified atom stereocenters. The number of halogens is 2. The summed E-state index contributed by atoms with van der Waals surface area (Å²) < 4.78 is 13.7. The van der Waals surface area contributed by atoms with Gasteiger partial charge in [0.25, 0.3) is 0 Å². The van der Waals surface area contributed by atoms with Crippen molar-refractivity contribution in [1.82, 2.24) is 9.80 Å². The molecular weight excluding hydrogens is 373 g/mol. The van der Waals surface area contributed by atoms with Crippen molar-refractivity contribution in [1.29, 1.82) is 0 Å². The molecule has 2 fully saturated rings. The molecule has 1 N–H and O–H groups in total. The molecule has 8 heteroatoms. The van der Waals surface area contributed by atoms with Crippen LogP contribution < -0.4 is 4.90 Å². The Hall–Kier alpha value is -1.70. The highest BCUT2D eigenvalue weighted by Gasteiger charge is 2.37. The van der Waals surface area contributed by atoms with E-state index in [0.29, 0.717) is 18.7 Å². The van der Waals surface area contributed by atoms with E-state index in [1.165, 1.54) is 12.1 Å². The Labute approximate surface area is 163 Å². The van der Waals surface area contributed by atoms with Gasteiger partial charge < -0.3 is 10.0 Å². The van der Waals surface area contributed by atoms with Crippen molar-refractivity contribution in [3.8, 4) is 0 Å². The Kier molecular flexibility index (Phi) is 6.34. The summed E-state index contributed by atoms with van der Waals surface area (Å²) >= 11 is 5.74. The average Bonchev–Trinajstić information content (AvgIpc) is 2.83. The molecule has 0 aliphatic carbocycles. The van der Waals surface area contributed by atoms with Gasteiger partial charge in [0.1, 0.15) is 5.82 Å². The summed E-state index contributed by atoms with van der Waals surface area (Å²) in [5, 5.41) is 9.03. The van der Waals surface area contributed by atoms with E-state index in [1.807, 2.05) is 11.9 Å². The fourth-order valence-corrected chi connectivity index (χ4v) is 4.23. The number of nitrogens with zero attached hydrogens (tertiary/aromatic N) is 3. The van der Waals surface area contributed by atoms with Crippen molar-refractivity contribution in [2.45, 2.75) is 37.8 Å². The number of carboxylic acids is 1. The second-order valence-corrected chi connectivity index (χ2v) is 7.73. The van der Waals surface area contributed by atoms with Crippen LogP contribution in [0.4, 0.5) is 10.1 Å². The number of anilines is 1. The van der Waals surface area contributed by atoms with Crippen LogP contribution in [0.2, 0.25) is 5.02 Å². The lowest BCUT2D eigenvalue weighted by Crippen LogP contribution is -2.43. The van der Waals surface area contributed by atoms with E-state index >= 15 is 0 Å². The molecule has 0 bridgehead atoms. The van der Waals surface area contributed by atoms with E-state index in [2.05, 4.69) is 4.90 Å². The minimum Gasteiger partial charge on any atom is -0.480 e. The van der Waals surface area contributed by atoms with Crippen LogP contribution in [-0.2, 0) is 9.59 Å². The lowest BCUT2D eigenvalue weighted by Gasteiger charge is -2.28. The number of aliphatic carboxylic acids is 1. The van der Waals surface area contributed by atoms with E-state index in [1.54, 1.807) is 11.0 Å². The van der Waals surface area contributed by atoms with Gasteiger partial charge in [0, 0.05) is 24.8 Å². The van der Waals surface area contributed by atoms with Gasteiger partial charge in [-0.25, -0.2) is 4.39 Å². The number of benzene rings is 1. The Balaban J connectivity index is 1.63. The van der Waals surface area contributed by atoms with Crippen LogP contribution in [-0.4, -0.2) is 72.1 Å². The van der Waals surface area contributed by atoms with Crippen molar-refractivity contribution in [3.05, 3.63) is 29.0 Å². The topological polar surface area (TPSA) is 64.1 Å². The van der Waals surface area contributed by atoms with Crippen LogP contribution in [0, 0.1) is 5.82 Å². The lowest BCUT2D eigenvalue weighted by molar-refractivity contribution is -0.138. The van der Waals surface area contributed by atoms with Crippen molar-refractivity contribution in [2.75, 3.05) is 38.1 Å². The summed E-state index contributed by atoms with van der Waals surface area (Å²) in [6, 6.07) is 4.46. The summed E-state index contributed by atoms with van der Waals surface area (Å²) in [6.45, 7) is 2.16. The number of carbonyl (C=O) groups excluding carboxylic acids is 1. The predicted octanol–water partition coefficient (Wildman–Crippen LogP) is 2.46. The second-order valence-electron chi connectivity index (χ2n) is 7.32. The van der Waals surface area contributed by atoms with Crippen LogP contribution in [0.1, 0.15) is 25.7 Å². The Bertz CT molecular complexity index is 717. The maximum Gasteiger partial charge on any atom is 0.317 e. The highest BCUT2D eigenvalue weighted by atomic mass is 35.5. The number of carboxylic acid groups (broad SMARTS) is 1. The first-order valence-corrected chi connectivity index (χ1v) is 9.67. The summed E-state index contributed by atoms with van der Waals surface area (Å²) in [5.74, 6) is -1.35. The average molecular weight is 398 g/mol. The SMILES string of the molecule is CN(CC(=O)O)C1CCCN(C2CCN(c3ccc(Cl)c(F)c3)C2=O)CC1. The number of amides is 1. The first kappa shape index (κ1) is 20.0. The Morgan fingerprint density at radius 1 is 1.30 bits per heavy atom. The van der Waals surface area contributed by atoms with Gasteiger partial charge in [-0.1, -0.05) is 11.6 Å². The molecule has 0 saturated carbocycles. The molecule has 2 aliphatic rings. The zero-order chi connectivity index (χ0) is 19.6. The minimum absolute atomic E-state index is 0.00550. The van der Waals surface area contributed by atoms with Gasteiger partial charge in [0.2, 0.25) is 5.91 Å². The third kappa shape index (κ3) is 4.59. The first-order valence-electron chi connectivity index (χ1n) is 9.29. The van der Waals surface area contributed by atoms with Gasteiger partial charge in [-0.15, -0.1) is 0 Å². The zero-order valence-corrected chi connectivity index (χ0v) is 16.2. The highest BCUT2D eigenvalue weighted by molar-refractivity contribution is 6.30. The van der Waals surface area contributed by atoms with Crippen molar-refractivity contribution in [3.63, 3.8) is 0 Å². The molecule has 6 nitrogen and oxygen atoms in total. The van der Waals surface area contributed by atoms with Crippen LogP contribution in [0.15, 0.2) is 18.2 Å². The third-order valence-corrected chi connectivity index (χ3v) is 5.88. The van der Waals surface area contributed by atoms with E-state index < -0.39 is 11.8 Å². The zero-order valence-electron chi connectivity index (χ0n) is 15.4. The normalized spacial score (nSPS) is 24.4. The maximum absolute atomic E-state index is 13.7. The van der Waals surface area contributed by atoms with E-state index in [0.717, 1.165) is 32.4 Å². The monoisotopic (exact) mass is 397 g/mol. The smallest absolute Gasteiger partial charge is 0.317 e. The molecule has 1 aromatic carbocycles. The summed E-state index contributed by atoms with van der Waals surface area (Å²) in [5.41, 5.74) is 0.540. The molecule has 0 spiro atoms. The van der Waals surface area contributed by atoms with Crippen LogP contribution in [0.3, 0.4) is 0 Å². The lowest BCUT2D eigenvalue weighted by atomic mass is 10.1. The molecule has 2 saturated heterocycles. The van der Waals surface area contributed by atoms with Gasteiger partial charge in [0.15, 0.2) is 0 Å². The molecule has 1 amide bonds. The van der Waals surface area contributed by atoms with E-state index in [9.17, 15) is 14.0 Å². The highest BCUT2D eigenvalue weighted by Crippen LogP contribution is 2.29. The van der Waals surface area contributed by atoms with Crippen LogP contribution >= 0.6 is 11.6 Å². The Morgan fingerprint density at radius 2 is 2.07 bits per heavy atom. The number of hydrogen-bond acceptors (Lipinski definition) is 4. The maximum atomic E-state index is 13.7. The Morgan fingerprint density at radius 3 is 2.78 bits per heavy atom. The molecule has 0 aromatic heterocycles. The standard InChI is InChI=1S/C19H25ClFN3O3/c1-22(12-18(25)26)13-3-2-8-23(9-6-13)17-7-10-24(19(17)27)14-4-5-15(20)16(21)11-14/h4-5,11,13,17H,2-3,6-10,12H2,1H3,(H,25,26). The quantitative estimate of drug-likeness (QED) is 0.826. The molecule has 148 valence electrons. The van der Waals surface area contributed by atoms with Gasteiger partial charge in [0.05, 0.1) is 17.6 Å². The van der Waals surface area contributed by atoms with Crippen molar-refractivity contribution < 1.29 is 19.1 Å². The van der Waals surface area contributed by atoms with E-state index in [4.69, 9.17) is 16.7 Å². The first-order chi connectivity index (χ1) is 12.9. The number of carbonyl (C=O) groups is 2.